The van der Waals surface area contributed by atoms with Crippen molar-refractivity contribution in [2.45, 2.75) is 51.2 Å². The quantitative estimate of drug-likeness (QED) is 0.288. The van der Waals surface area contributed by atoms with Crippen molar-refractivity contribution in [3.05, 3.63) is 89.0 Å². The number of carboxylic acids is 1. The van der Waals surface area contributed by atoms with Crippen LogP contribution in [0.25, 0.3) is 11.1 Å². The number of carbonyl (C=O) groups excluding carboxylic acids is 1. The molecule has 0 spiro atoms. The number of piperidine rings is 1. The summed E-state index contributed by atoms with van der Waals surface area (Å²) < 4.78 is 39.7. The van der Waals surface area contributed by atoms with E-state index in [1.807, 2.05) is 49.4 Å². The first-order chi connectivity index (χ1) is 19.5. The third-order valence-electron chi connectivity index (χ3n) is 7.44. The maximum absolute atomic E-state index is 13.2. The Hall–Kier alpha value is -4.32. The topological polar surface area (TPSA) is 93.4 Å². The number of nitrogens with zero attached hydrogens (tertiary/aromatic N) is 2. The highest BCUT2D eigenvalue weighted by molar-refractivity contribution is 5.95. The van der Waals surface area contributed by atoms with Crippen LogP contribution in [-0.2, 0) is 11.2 Å². The zero-order valence-corrected chi connectivity index (χ0v) is 22.7. The predicted molar refractivity (Wildman–Crippen MR) is 150 cm³/mol. The van der Waals surface area contributed by atoms with E-state index in [1.165, 1.54) is 4.90 Å². The van der Waals surface area contributed by atoms with Gasteiger partial charge in [-0.25, -0.2) is 0 Å². The molecule has 0 aliphatic carbocycles. The largest absolute Gasteiger partial charge is 0.481 e. The summed E-state index contributed by atoms with van der Waals surface area (Å²) in [6, 6.07) is 21.3. The lowest BCUT2D eigenvalue weighted by Crippen LogP contribution is -2.42. The van der Waals surface area contributed by atoms with Gasteiger partial charge < -0.3 is 15.3 Å². The molecule has 9 heteroatoms. The van der Waals surface area contributed by atoms with E-state index < -0.39 is 30.5 Å². The van der Waals surface area contributed by atoms with E-state index in [-0.39, 0.29) is 18.9 Å². The Labute approximate surface area is 237 Å². The Bertz CT molecular complexity index is 1430. The number of hydrogen-bond acceptors (Lipinski definition) is 4. The summed E-state index contributed by atoms with van der Waals surface area (Å²) in [6.07, 6.45) is -4.00. The first-order valence-corrected chi connectivity index (χ1v) is 13.6. The van der Waals surface area contributed by atoms with Gasteiger partial charge >= 0.3 is 12.1 Å². The molecule has 1 heterocycles. The van der Waals surface area contributed by atoms with Crippen molar-refractivity contribution in [3.63, 3.8) is 0 Å². The molecular formula is C32H32F3N3O3. The molecule has 2 atom stereocenters. The lowest BCUT2D eigenvalue weighted by Gasteiger charge is -2.30. The number of nitrogens with one attached hydrogen (secondary N) is 1. The molecule has 1 saturated heterocycles. The highest BCUT2D eigenvalue weighted by atomic mass is 19.4. The van der Waals surface area contributed by atoms with Gasteiger partial charge in [0.2, 0.25) is 0 Å². The molecule has 0 radical (unpaired) electrons. The molecule has 1 aliphatic heterocycles. The van der Waals surface area contributed by atoms with Gasteiger partial charge in [0.25, 0.3) is 5.91 Å². The minimum absolute atomic E-state index is 0.158. The first kappa shape index (κ1) is 29.7. The maximum Gasteiger partial charge on any atom is 0.389 e. The van der Waals surface area contributed by atoms with Crippen LogP contribution in [0.3, 0.4) is 0 Å². The lowest BCUT2D eigenvalue weighted by atomic mass is 9.93. The fourth-order valence-electron chi connectivity index (χ4n) is 5.27. The van der Waals surface area contributed by atoms with Gasteiger partial charge in [-0.05, 0) is 78.3 Å². The Balaban J connectivity index is 1.53. The first-order valence-electron chi connectivity index (χ1n) is 13.6. The van der Waals surface area contributed by atoms with E-state index in [1.54, 1.807) is 24.3 Å². The van der Waals surface area contributed by atoms with E-state index in [0.717, 1.165) is 27.8 Å². The number of carbonyl (C=O) groups is 2. The molecule has 6 nitrogen and oxygen atoms in total. The summed E-state index contributed by atoms with van der Waals surface area (Å²) in [7, 11) is 0. The summed E-state index contributed by atoms with van der Waals surface area (Å²) in [6.45, 7) is 2.51. The molecule has 1 amide bonds. The molecule has 0 bridgehead atoms. The molecule has 0 aromatic heterocycles. The van der Waals surface area contributed by atoms with Gasteiger partial charge in [-0.1, -0.05) is 42.5 Å². The SMILES string of the molecule is Cc1cc(-c2cccc(CC#N)c2)ccc1C(CCC(F)(F)F)Nc1ccc(C(=O)N2CCC[C@@H](C(=O)O)C2)cc1. The summed E-state index contributed by atoms with van der Waals surface area (Å²) in [4.78, 5) is 25.9. The second kappa shape index (κ2) is 12.9. The number of benzene rings is 3. The second-order valence-corrected chi connectivity index (χ2v) is 10.5. The summed E-state index contributed by atoms with van der Waals surface area (Å²) in [5.41, 5.74) is 5.26. The summed E-state index contributed by atoms with van der Waals surface area (Å²) in [5, 5.41) is 21.5. The molecule has 2 N–H and O–H groups in total. The van der Waals surface area contributed by atoms with Crippen molar-refractivity contribution in [2.75, 3.05) is 18.4 Å². The average molecular weight is 564 g/mol. The molecule has 1 unspecified atom stereocenters. The predicted octanol–water partition coefficient (Wildman–Crippen LogP) is 7.16. The molecule has 1 aliphatic rings. The Morgan fingerprint density at radius 2 is 1.83 bits per heavy atom. The Morgan fingerprint density at radius 3 is 2.49 bits per heavy atom. The van der Waals surface area contributed by atoms with E-state index in [0.29, 0.717) is 37.1 Å². The van der Waals surface area contributed by atoms with Crippen LogP contribution in [0.15, 0.2) is 66.7 Å². The van der Waals surface area contributed by atoms with Crippen LogP contribution in [0.1, 0.15) is 58.8 Å². The van der Waals surface area contributed by atoms with Crippen molar-refractivity contribution >= 4 is 17.6 Å². The van der Waals surface area contributed by atoms with Crippen molar-refractivity contribution in [3.8, 4) is 17.2 Å². The summed E-state index contributed by atoms with van der Waals surface area (Å²) >= 11 is 0. The molecule has 1 fully saturated rings. The van der Waals surface area contributed by atoms with Gasteiger partial charge in [-0.15, -0.1) is 0 Å². The summed E-state index contributed by atoms with van der Waals surface area (Å²) in [5.74, 6) is -1.76. The number of carboxylic acid groups (broad SMARTS) is 1. The minimum Gasteiger partial charge on any atom is -0.481 e. The highest BCUT2D eigenvalue weighted by Gasteiger charge is 2.30. The van der Waals surface area contributed by atoms with Crippen LogP contribution in [-0.4, -0.2) is 41.1 Å². The van der Waals surface area contributed by atoms with Gasteiger partial charge in [0, 0.05) is 30.8 Å². The lowest BCUT2D eigenvalue weighted by molar-refractivity contribution is -0.143. The Kier molecular flexibility index (Phi) is 9.33. The van der Waals surface area contributed by atoms with Crippen LogP contribution >= 0.6 is 0 Å². The van der Waals surface area contributed by atoms with E-state index >= 15 is 0 Å². The zero-order valence-electron chi connectivity index (χ0n) is 22.7. The van der Waals surface area contributed by atoms with Crippen molar-refractivity contribution in [1.82, 2.24) is 4.90 Å². The Morgan fingerprint density at radius 1 is 1.10 bits per heavy atom. The number of hydrogen-bond donors (Lipinski definition) is 2. The van der Waals surface area contributed by atoms with Gasteiger partial charge in [0.05, 0.1) is 24.4 Å². The molecule has 0 saturated carbocycles. The van der Waals surface area contributed by atoms with Crippen LogP contribution in [0.5, 0.6) is 0 Å². The fraction of sp³-hybridized carbons (Fsp3) is 0.344. The van der Waals surface area contributed by atoms with Crippen LogP contribution in [0.2, 0.25) is 0 Å². The molecule has 3 aromatic rings. The number of anilines is 1. The fourth-order valence-corrected chi connectivity index (χ4v) is 5.27. The second-order valence-electron chi connectivity index (χ2n) is 10.5. The van der Waals surface area contributed by atoms with Crippen LogP contribution in [0.4, 0.5) is 18.9 Å². The standard InChI is InChI=1S/C32H32F3N3O3/c1-21-18-25(24-5-2-4-22(19-24)14-16-36)9-12-28(21)29(13-15-32(33,34)35)37-27-10-7-23(8-11-27)30(39)38-17-3-6-26(20-38)31(40)41/h2,4-5,7-12,18-19,26,29,37H,3,6,13-15,17,20H2,1H3,(H,40,41)/t26-,29?/m1/s1. The van der Waals surface area contributed by atoms with Gasteiger partial charge in [0.1, 0.15) is 0 Å². The molecule has 41 heavy (non-hydrogen) atoms. The average Bonchev–Trinajstić information content (AvgIpc) is 2.95. The molecular weight excluding hydrogens is 531 g/mol. The molecule has 4 rings (SSSR count). The normalized spacial score (nSPS) is 16.1. The number of halogens is 3. The van der Waals surface area contributed by atoms with E-state index in [2.05, 4.69) is 11.4 Å². The van der Waals surface area contributed by atoms with Crippen LogP contribution in [0, 0.1) is 24.2 Å². The third kappa shape index (κ3) is 7.88. The number of rotatable bonds is 9. The van der Waals surface area contributed by atoms with Gasteiger partial charge in [0.15, 0.2) is 0 Å². The number of amides is 1. The third-order valence-corrected chi connectivity index (χ3v) is 7.44. The number of aryl methyl sites for hydroxylation is 1. The van der Waals surface area contributed by atoms with E-state index in [9.17, 15) is 27.9 Å². The monoisotopic (exact) mass is 563 g/mol. The van der Waals surface area contributed by atoms with Crippen molar-refractivity contribution in [2.24, 2.45) is 5.92 Å². The number of likely N-dealkylation sites (tertiary alicyclic amines) is 1. The zero-order chi connectivity index (χ0) is 29.6. The van der Waals surface area contributed by atoms with Gasteiger partial charge in [-0.3, -0.25) is 9.59 Å². The molecule has 214 valence electrons. The van der Waals surface area contributed by atoms with Crippen LogP contribution < -0.4 is 5.32 Å². The van der Waals surface area contributed by atoms with Crippen molar-refractivity contribution in [1.29, 1.82) is 5.26 Å². The highest BCUT2D eigenvalue weighted by Crippen LogP contribution is 2.34. The van der Waals surface area contributed by atoms with Gasteiger partial charge in [-0.2, -0.15) is 18.4 Å². The van der Waals surface area contributed by atoms with Crippen molar-refractivity contribution < 1.29 is 27.9 Å². The maximum atomic E-state index is 13.2. The van der Waals surface area contributed by atoms with E-state index in [4.69, 9.17) is 5.26 Å². The molecule has 3 aromatic carbocycles. The number of alkyl halides is 3. The smallest absolute Gasteiger partial charge is 0.389 e. The number of nitriles is 1. The minimum atomic E-state index is -4.31. The number of aliphatic carboxylic acids is 1.